The summed E-state index contributed by atoms with van der Waals surface area (Å²) in [6.07, 6.45) is 3.84. The molecule has 8 heteroatoms. The van der Waals surface area contributed by atoms with E-state index in [4.69, 9.17) is 4.74 Å². The Labute approximate surface area is 162 Å². The molecule has 1 saturated heterocycles. The Balaban J connectivity index is 0.00000288. The van der Waals surface area contributed by atoms with Gasteiger partial charge in [0.2, 0.25) is 0 Å². The van der Waals surface area contributed by atoms with E-state index in [9.17, 15) is 0 Å². The van der Waals surface area contributed by atoms with Crippen molar-refractivity contribution in [3.8, 4) is 0 Å². The number of rotatable bonds is 6. The van der Waals surface area contributed by atoms with Crippen molar-refractivity contribution in [1.29, 1.82) is 0 Å². The topological polar surface area (TPSA) is 66.7 Å². The van der Waals surface area contributed by atoms with Crippen LogP contribution >= 0.6 is 24.0 Å². The van der Waals surface area contributed by atoms with Gasteiger partial charge in [0.05, 0.1) is 26.0 Å². The molecule has 0 aliphatic carbocycles. The van der Waals surface area contributed by atoms with Gasteiger partial charge in [-0.05, 0) is 20.8 Å². The van der Waals surface area contributed by atoms with Crippen LogP contribution in [-0.4, -0.2) is 65.6 Å². The average molecular weight is 450 g/mol. The number of halogens is 1. The molecule has 0 saturated carbocycles. The number of aryl methyl sites for hydroxylation is 1. The van der Waals surface area contributed by atoms with Crippen molar-refractivity contribution in [2.45, 2.75) is 32.9 Å². The third-order valence-electron chi connectivity index (χ3n) is 4.08. The number of aromatic nitrogens is 2. The van der Waals surface area contributed by atoms with Crippen LogP contribution in [0.1, 0.15) is 26.3 Å². The zero-order valence-electron chi connectivity index (χ0n) is 15.2. The van der Waals surface area contributed by atoms with Crippen LogP contribution in [0.3, 0.4) is 0 Å². The molecule has 24 heavy (non-hydrogen) atoms. The molecule has 7 nitrogen and oxygen atoms in total. The van der Waals surface area contributed by atoms with E-state index in [1.165, 1.54) is 0 Å². The molecule has 1 aromatic heterocycles. The van der Waals surface area contributed by atoms with Gasteiger partial charge >= 0.3 is 0 Å². The van der Waals surface area contributed by atoms with Crippen molar-refractivity contribution in [3.05, 3.63) is 18.0 Å². The maximum atomic E-state index is 5.44. The van der Waals surface area contributed by atoms with Crippen LogP contribution in [0.15, 0.2) is 17.4 Å². The van der Waals surface area contributed by atoms with Gasteiger partial charge in [-0.3, -0.25) is 9.58 Å². The summed E-state index contributed by atoms with van der Waals surface area (Å²) in [7, 11) is 1.92. The summed E-state index contributed by atoms with van der Waals surface area (Å²) in [4.78, 5) is 7.11. The summed E-state index contributed by atoms with van der Waals surface area (Å²) in [6, 6.07) is 0. The largest absolute Gasteiger partial charge is 0.379 e. The molecule has 0 radical (unpaired) electrons. The SMILES string of the molecule is CCNC(=NCc1cnn(C)c1)NCC(C)(C)N1CCOCC1.I. The Morgan fingerprint density at radius 2 is 2.04 bits per heavy atom. The second-order valence-corrected chi connectivity index (χ2v) is 6.48. The highest BCUT2D eigenvalue weighted by atomic mass is 127. The van der Waals surface area contributed by atoms with Crippen LogP contribution < -0.4 is 10.6 Å². The number of nitrogens with one attached hydrogen (secondary N) is 2. The first-order valence-corrected chi connectivity index (χ1v) is 8.34. The summed E-state index contributed by atoms with van der Waals surface area (Å²) in [6.45, 7) is 12.5. The Bertz CT molecular complexity index is 510. The number of guanidine groups is 1. The Morgan fingerprint density at radius 1 is 1.33 bits per heavy atom. The molecule has 2 N–H and O–H groups in total. The Hall–Kier alpha value is -0.870. The number of hydrogen-bond donors (Lipinski definition) is 2. The predicted octanol–water partition coefficient (Wildman–Crippen LogP) is 1.20. The van der Waals surface area contributed by atoms with Crippen molar-refractivity contribution < 1.29 is 4.74 Å². The smallest absolute Gasteiger partial charge is 0.191 e. The molecule has 0 amide bonds. The van der Waals surface area contributed by atoms with Gasteiger partial charge in [-0.2, -0.15) is 5.10 Å². The van der Waals surface area contributed by atoms with E-state index in [-0.39, 0.29) is 29.5 Å². The lowest BCUT2D eigenvalue weighted by Gasteiger charge is -2.41. The fraction of sp³-hybridized carbons (Fsp3) is 0.750. The highest BCUT2D eigenvalue weighted by molar-refractivity contribution is 14.0. The number of ether oxygens (including phenoxy) is 1. The number of hydrogen-bond acceptors (Lipinski definition) is 4. The van der Waals surface area contributed by atoms with E-state index in [2.05, 4.69) is 46.4 Å². The van der Waals surface area contributed by atoms with Gasteiger partial charge in [0, 0.05) is 50.5 Å². The minimum atomic E-state index is 0. The van der Waals surface area contributed by atoms with Crippen molar-refractivity contribution in [2.24, 2.45) is 12.0 Å². The second kappa shape index (κ2) is 10.2. The van der Waals surface area contributed by atoms with E-state index in [1.54, 1.807) is 4.68 Å². The maximum absolute atomic E-state index is 5.44. The summed E-state index contributed by atoms with van der Waals surface area (Å²) in [5.74, 6) is 0.845. The van der Waals surface area contributed by atoms with Gasteiger partial charge in [0.1, 0.15) is 0 Å². The molecule has 1 aromatic rings. The van der Waals surface area contributed by atoms with Crippen LogP contribution in [0.5, 0.6) is 0 Å². The summed E-state index contributed by atoms with van der Waals surface area (Å²) < 4.78 is 7.24. The van der Waals surface area contributed by atoms with Gasteiger partial charge in [-0.15, -0.1) is 24.0 Å². The zero-order valence-corrected chi connectivity index (χ0v) is 17.5. The first-order valence-electron chi connectivity index (χ1n) is 8.34. The van der Waals surface area contributed by atoms with Gasteiger partial charge < -0.3 is 15.4 Å². The van der Waals surface area contributed by atoms with Gasteiger partial charge in [-0.1, -0.05) is 0 Å². The number of aliphatic imine (C=N–C) groups is 1. The number of morpholine rings is 1. The average Bonchev–Trinajstić information content (AvgIpc) is 2.96. The molecule has 1 aliphatic heterocycles. The van der Waals surface area contributed by atoms with E-state index >= 15 is 0 Å². The van der Waals surface area contributed by atoms with Crippen LogP contribution in [0.2, 0.25) is 0 Å². The minimum absolute atomic E-state index is 0. The summed E-state index contributed by atoms with van der Waals surface area (Å²) >= 11 is 0. The highest BCUT2D eigenvalue weighted by Crippen LogP contribution is 2.15. The van der Waals surface area contributed by atoms with Crippen LogP contribution in [-0.2, 0) is 18.3 Å². The molecule has 0 unspecified atom stereocenters. The van der Waals surface area contributed by atoms with E-state index in [1.807, 2.05) is 19.4 Å². The van der Waals surface area contributed by atoms with Crippen LogP contribution in [0, 0.1) is 0 Å². The van der Waals surface area contributed by atoms with Gasteiger partial charge in [0.15, 0.2) is 5.96 Å². The van der Waals surface area contributed by atoms with Gasteiger partial charge in [0.25, 0.3) is 0 Å². The van der Waals surface area contributed by atoms with Crippen LogP contribution in [0.25, 0.3) is 0 Å². The van der Waals surface area contributed by atoms with Gasteiger partial charge in [-0.25, -0.2) is 4.99 Å². The molecular weight excluding hydrogens is 419 g/mol. The molecule has 0 aromatic carbocycles. The lowest BCUT2D eigenvalue weighted by molar-refractivity contribution is -0.00834. The van der Waals surface area contributed by atoms with Crippen molar-refractivity contribution >= 4 is 29.9 Å². The monoisotopic (exact) mass is 450 g/mol. The van der Waals surface area contributed by atoms with E-state index in [0.717, 1.165) is 50.9 Å². The zero-order chi connectivity index (χ0) is 16.7. The normalized spacial score (nSPS) is 16.6. The number of nitrogens with zero attached hydrogens (tertiary/aromatic N) is 4. The third kappa shape index (κ3) is 6.56. The lowest BCUT2D eigenvalue weighted by Crippen LogP contribution is -2.56. The minimum Gasteiger partial charge on any atom is -0.379 e. The fourth-order valence-electron chi connectivity index (χ4n) is 2.65. The predicted molar refractivity (Wildman–Crippen MR) is 108 cm³/mol. The first kappa shape index (κ1) is 21.2. The molecule has 0 bridgehead atoms. The fourth-order valence-corrected chi connectivity index (χ4v) is 2.65. The van der Waals surface area contributed by atoms with Crippen molar-refractivity contribution in [3.63, 3.8) is 0 Å². The van der Waals surface area contributed by atoms with Crippen LogP contribution in [0.4, 0.5) is 0 Å². The third-order valence-corrected chi connectivity index (χ3v) is 4.08. The molecule has 1 fully saturated rings. The quantitative estimate of drug-likeness (QED) is 0.388. The van der Waals surface area contributed by atoms with Crippen molar-refractivity contribution in [2.75, 3.05) is 39.4 Å². The molecule has 2 rings (SSSR count). The Kier molecular flexibility index (Phi) is 8.99. The van der Waals surface area contributed by atoms with Crippen molar-refractivity contribution in [1.82, 2.24) is 25.3 Å². The molecule has 138 valence electrons. The molecule has 2 heterocycles. The molecule has 0 atom stereocenters. The maximum Gasteiger partial charge on any atom is 0.191 e. The first-order chi connectivity index (χ1) is 11.0. The van der Waals surface area contributed by atoms with E-state index in [0.29, 0.717) is 6.54 Å². The second-order valence-electron chi connectivity index (χ2n) is 6.48. The molecule has 1 aliphatic rings. The van der Waals surface area contributed by atoms with E-state index < -0.39 is 0 Å². The summed E-state index contributed by atoms with van der Waals surface area (Å²) in [5.41, 5.74) is 1.17. The molecule has 0 spiro atoms. The standard InChI is InChI=1S/C16H30N6O.HI/c1-5-17-15(18-10-14-11-20-21(4)12-14)19-13-16(2,3)22-6-8-23-9-7-22;/h11-12H,5-10,13H2,1-4H3,(H2,17,18,19);1H. The summed E-state index contributed by atoms with van der Waals surface area (Å²) in [5, 5.41) is 10.9. The lowest BCUT2D eigenvalue weighted by atomic mass is 10.0. The Morgan fingerprint density at radius 3 is 2.62 bits per heavy atom. The highest BCUT2D eigenvalue weighted by Gasteiger charge is 2.28. The molecular formula is C16H31IN6O.